The van der Waals surface area contributed by atoms with Crippen molar-refractivity contribution in [3.05, 3.63) is 45.1 Å². The van der Waals surface area contributed by atoms with Crippen LogP contribution in [0, 0.1) is 0 Å². The third-order valence-electron chi connectivity index (χ3n) is 2.91. The van der Waals surface area contributed by atoms with E-state index in [0.29, 0.717) is 28.8 Å². The van der Waals surface area contributed by atoms with Gasteiger partial charge in [-0.25, -0.2) is 4.79 Å². The number of hydrogen-bond donors (Lipinski definition) is 2. The van der Waals surface area contributed by atoms with Crippen molar-refractivity contribution >= 4 is 34.8 Å². The van der Waals surface area contributed by atoms with Gasteiger partial charge in [-0.05, 0) is 37.3 Å². The van der Waals surface area contributed by atoms with Gasteiger partial charge in [0.1, 0.15) is 0 Å². The Morgan fingerprint density at radius 1 is 1.21 bits per heavy atom. The van der Waals surface area contributed by atoms with Gasteiger partial charge in [-0.2, -0.15) is 0 Å². The molecule has 1 aromatic carbocycles. The fourth-order valence-electron chi connectivity index (χ4n) is 1.89. The fraction of sp³-hybridized carbons (Fsp3) is 0.250. The van der Waals surface area contributed by atoms with Crippen molar-refractivity contribution in [1.82, 2.24) is 5.32 Å². The maximum Gasteiger partial charge on any atom is 0.341 e. The molecule has 0 unspecified atom stereocenters. The number of amides is 1. The number of carboxylic acid groups (broad SMARTS) is 1. The van der Waals surface area contributed by atoms with Crippen LogP contribution in [0.2, 0.25) is 4.34 Å². The maximum atomic E-state index is 12.2. The van der Waals surface area contributed by atoms with Crippen LogP contribution in [0.25, 0.3) is 0 Å². The zero-order valence-corrected chi connectivity index (χ0v) is 14.4. The number of aliphatic carboxylic acids is 1. The molecule has 0 spiro atoms. The number of carboxylic acids is 1. The first kappa shape index (κ1) is 18.1. The summed E-state index contributed by atoms with van der Waals surface area (Å²) in [6.07, 6.45) is 0. The Hall–Kier alpha value is -2.25. The molecule has 24 heavy (non-hydrogen) atoms. The molecule has 0 atom stereocenters. The molecule has 1 heterocycles. The first-order valence-electron chi connectivity index (χ1n) is 7.13. The summed E-state index contributed by atoms with van der Waals surface area (Å²) in [5.41, 5.74) is 0.392. The van der Waals surface area contributed by atoms with Gasteiger partial charge in [0.15, 0.2) is 18.1 Å². The minimum absolute atomic E-state index is 0.273. The van der Waals surface area contributed by atoms with Crippen molar-refractivity contribution < 1.29 is 24.2 Å². The lowest BCUT2D eigenvalue weighted by Gasteiger charge is -2.12. The van der Waals surface area contributed by atoms with Crippen LogP contribution in [-0.4, -0.2) is 30.2 Å². The van der Waals surface area contributed by atoms with Gasteiger partial charge in [-0.1, -0.05) is 11.6 Å². The lowest BCUT2D eigenvalue weighted by molar-refractivity contribution is -0.139. The third-order valence-corrected chi connectivity index (χ3v) is 4.14. The molecule has 0 aliphatic heterocycles. The first-order valence-corrected chi connectivity index (χ1v) is 8.33. The predicted molar refractivity (Wildman–Crippen MR) is 91.2 cm³/mol. The highest BCUT2D eigenvalue weighted by molar-refractivity contribution is 7.16. The number of ether oxygens (including phenoxy) is 2. The predicted octanol–water partition coefficient (Wildman–Crippen LogP) is 3.19. The highest BCUT2D eigenvalue weighted by atomic mass is 35.5. The summed E-state index contributed by atoms with van der Waals surface area (Å²) in [6.45, 7) is 2.04. The molecule has 0 aliphatic rings. The molecule has 6 nitrogen and oxygen atoms in total. The van der Waals surface area contributed by atoms with Crippen LogP contribution in [0.5, 0.6) is 11.5 Å². The summed E-state index contributed by atoms with van der Waals surface area (Å²) in [4.78, 5) is 23.8. The third kappa shape index (κ3) is 5.14. The second kappa shape index (κ2) is 8.56. The minimum Gasteiger partial charge on any atom is -0.490 e. The Balaban J connectivity index is 2.06. The summed E-state index contributed by atoms with van der Waals surface area (Å²) in [5.74, 6) is -0.759. The molecule has 2 N–H and O–H groups in total. The Bertz CT molecular complexity index is 731. The average Bonchev–Trinajstić information content (AvgIpc) is 2.97. The van der Waals surface area contributed by atoms with Crippen molar-refractivity contribution in [1.29, 1.82) is 0 Å². The topological polar surface area (TPSA) is 84.9 Å². The van der Waals surface area contributed by atoms with Crippen molar-refractivity contribution in [2.24, 2.45) is 0 Å². The van der Waals surface area contributed by atoms with Gasteiger partial charge in [0.2, 0.25) is 0 Å². The molecular formula is C16H16ClNO5S. The van der Waals surface area contributed by atoms with Crippen molar-refractivity contribution in [2.45, 2.75) is 13.5 Å². The van der Waals surface area contributed by atoms with Gasteiger partial charge in [0.05, 0.1) is 17.5 Å². The van der Waals surface area contributed by atoms with E-state index in [4.69, 9.17) is 26.2 Å². The molecule has 0 radical (unpaired) electrons. The molecule has 0 fully saturated rings. The summed E-state index contributed by atoms with van der Waals surface area (Å²) in [6, 6.07) is 8.22. The molecule has 2 aromatic rings. The van der Waals surface area contributed by atoms with Crippen molar-refractivity contribution in [2.75, 3.05) is 13.2 Å². The maximum absolute atomic E-state index is 12.2. The molecule has 128 valence electrons. The standard InChI is InChI=1S/C16H16ClNO5S/c1-2-22-13-7-10(3-5-12(13)23-9-15(19)20)16(21)18-8-11-4-6-14(17)24-11/h3-7H,2,8-9H2,1H3,(H,18,21)(H,19,20). The molecule has 8 heteroatoms. The van der Waals surface area contributed by atoms with Gasteiger partial charge in [-0.3, -0.25) is 4.79 Å². The van der Waals surface area contributed by atoms with E-state index in [9.17, 15) is 9.59 Å². The second-order valence-electron chi connectivity index (χ2n) is 4.67. The number of thiophene rings is 1. The van der Waals surface area contributed by atoms with E-state index in [1.807, 2.05) is 6.07 Å². The number of carbonyl (C=O) groups is 2. The molecule has 0 saturated carbocycles. The molecule has 1 aromatic heterocycles. The lowest BCUT2D eigenvalue weighted by atomic mass is 10.2. The van der Waals surface area contributed by atoms with Gasteiger partial charge >= 0.3 is 5.97 Å². The van der Waals surface area contributed by atoms with E-state index in [1.165, 1.54) is 23.5 Å². The van der Waals surface area contributed by atoms with Gasteiger partial charge < -0.3 is 19.9 Å². The monoisotopic (exact) mass is 369 g/mol. The normalized spacial score (nSPS) is 10.2. The van der Waals surface area contributed by atoms with Crippen LogP contribution < -0.4 is 14.8 Å². The van der Waals surface area contributed by atoms with Crippen molar-refractivity contribution in [3.63, 3.8) is 0 Å². The summed E-state index contributed by atoms with van der Waals surface area (Å²) < 4.78 is 11.2. The number of halogens is 1. The van der Waals surface area contributed by atoms with E-state index in [1.54, 1.807) is 19.1 Å². The van der Waals surface area contributed by atoms with Crippen LogP contribution in [-0.2, 0) is 11.3 Å². The zero-order chi connectivity index (χ0) is 17.5. The Labute approximate surface area is 148 Å². The molecule has 2 rings (SSSR count). The van der Waals surface area contributed by atoms with Crippen LogP contribution in [0.3, 0.4) is 0 Å². The second-order valence-corrected chi connectivity index (χ2v) is 6.47. The Kier molecular flexibility index (Phi) is 6.45. The largest absolute Gasteiger partial charge is 0.490 e. The number of hydrogen-bond acceptors (Lipinski definition) is 5. The van der Waals surface area contributed by atoms with Crippen LogP contribution in [0.15, 0.2) is 30.3 Å². The Morgan fingerprint density at radius 2 is 2.00 bits per heavy atom. The number of carbonyl (C=O) groups excluding carboxylic acids is 1. The molecule has 0 saturated heterocycles. The average molecular weight is 370 g/mol. The van der Waals surface area contributed by atoms with Crippen LogP contribution in [0.1, 0.15) is 22.2 Å². The molecule has 0 aliphatic carbocycles. The number of rotatable bonds is 8. The molecule has 0 bridgehead atoms. The lowest BCUT2D eigenvalue weighted by Crippen LogP contribution is -2.22. The van der Waals surface area contributed by atoms with E-state index in [0.717, 1.165) is 4.88 Å². The van der Waals surface area contributed by atoms with Crippen LogP contribution in [0.4, 0.5) is 0 Å². The fourth-order valence-corrected chi connectivity index (χ4v) is 2.92. The zero-order valence-electron chi connectivity index (χ0n) is 12.9. The van der Waals surface area contributed by atoms with Gasteiger partial charge in [0, 0.05) is 10.4 Å². The number of benzene rings is 1. The Morgan fingerprint density at radius 3 is 2.62 bits per heavy atom. The van der Waals surface area contributed by atoms with Crippen molar-refractivity contribution in [3.8, 4) is 11.5 Å². The van der Waals surface area contributed by atoms with Gasteiger partial charge in [-0.15, -0.1) is 11.3 Å². The summed E-state index contributed by atoms with van der Waals surface area (Å²) in [5, 5.41) is 11.5. The smallest absolute Gasteiger partial charge is 0.341 e. The molecule has 1 amide bonds. The van der Waals surface area contributed by atoms with E-state index >= 15 is 0 Å². The van der Waals surface area contributed by atoms with E-state index in [-0.39, 0.29) is 11.7 Å². The van der Waals surface area contributed by atoms with Crippen LogP contribution >= 0.6 is 22.9 Å². The van der Waals surface area contributed by atoms with Gasteiger partial charge in [0.25, 0.3) is 5.91 Å². The number of nitrogens with one attached hydrogen (secondary N) is 1. The first-order chi connectivity index (χ1) is 11.5. The molecular weight excluding hydrogens is 354 g/mol. The minimum atomic E-state index is -1.09. The SMILES string of the molecule is CCOc1cc(C(=O)NCc2ccc(Cl)s2)ccc1OCC(=O)O. The highest BCUT2D eigenvalue weighted by Gasteiger charge is 2.13. The quantitative estimate of drug-likeness (QED) is 0.746. The summed E-state index contributed by atoms with van der Waals surface area (Å²) in [7, 11) is 0. The summed E-state index contributed by atoms with van der Waals surface area (Å²) >= 11 is 7.25. The van der Waals surface area contributed by atoms with E-state index in [2.05, 4.69) is 5.32 Å². The van der Waals surface area contributed by atoms with E-state index < -0.39 is 12.6 Å². The highest BCUT2D eigenvalue weighted by Crippen LogP contribution is 2.28.